The van der Waals surface area contributed by atoms with Gasteiger partial charge in [0, 0.05) is 22.9 Å². The van der Waals surface area contributed by atoms with E-state index in [2.05, 4.69) is 10.3 Å². The first-order valence-electron chi connectivity index (χ1n) is 11.5. The van der Waals surface area contributed by atoms with E-state index in [0.717, 1.165) is 6.08 Å². The maximum atomic E-state index is 13.5. The minimum absolute atomic E-state index is 0.0123. The summed E-state index contributed by atoms with van der Waals surface area (Å²) in [7, 11) is 0. The minimum atomic E-state index is -5.06. The van der Waals surface area contributed by atoms with Crippen molar-refractivity contribution in [3.05, 3.63) is 93.8 Å². The summed E-state index contributed by atoms with van der Waals surface area (Å²) in [5.41, 5.74) is 0.852. The number of rotatable bonds is 4. The van der Waals surface area contributed by atoms with Crippen LogP contribution >= 0.6 is 0 Å². The fraction of sp³-hybridized carbons (Fsp3) is 0.308. The first-order valence-corrected chi connectivity index (χ1v) is 11.5. The number of alkyl halides is 9. The van der Waals surface area contributed by atoms with Crippen molar-refractivity contribution in [3.8, 4) is 0 Å². The molecule has 3 rings (SSSR count). The third-order valence-corrected chi connectivity index (χ3v) is 5.85. The Morgan fingerprint density at radius 1 is 1.00 bits per heavy atom. The highest BCUT2D eigenvalue weighted by molar-refractivity contribution is 6.01. The number of nitrogens with zero attached hydrogens (tertiary/aromatic N) is 1. The molecule has 0 bridgehead atoms. The molecule has 1 atom stereocenters. The number of benzene rings is 1. The number of nitrogens with two attached hydrogens (primary N) is 1. The fourth-order valence-corrected chi connectivity index (χ4v) is 3.83. The van der Waals surface area contributed by atoms with Crippen LogP contribution in [0.3, 0.4) is 0 Å². The summed E-state index contributed by atoms with van der Waals surface area (Å²) in [6.07, 6.45) is -6.84. The smallest absolute Gasteiger partial charge is 0.366 e. The Kier molecular flexibility index (Phi) is 8.51. The number of halogens is 9. The van der Waals surface area contributed by atoms with Crippen LogP contribution in [0.15, 0.2) is 82.1 Å². The maximum absolute atomic E-state index is 13.5. The second kappa shape index (κ2) is 11.1. The standard InChI is InChI=1S/C26H22F9N3O/c1-14-17(11-21(22(36)39)15-6-4-2-3-5-7-18(8-15)24(27,28)29)13-37-23(38-14)16-9-19(25(30,31)32)12-20(10-16)26(33,34)35/h2,4,6,8-14H,3,5,7H2,1H3,(H2,36,39)(H,37,38)/b4-2?,15-6+,18-8?,21-11+. The average molecular weight is 563 g/mol. The van der Waals surface area contributed by atoms with Gasteiger partial charge in [0.05, 0.1) is 17.2 Å². The number of nitrogens with one attached hydrogen (secondary N) is 1. The molecule has 1 heterocycles. The third kappa shape index (κ3) is 7.64. The van der Waals surface area contributed by atoms with Crippen molar-refractivity contribution >= 4 is 11.7 Å². The van der Waals surface area contributed by atoms with Gasteiger partial charge in [0.2, 0.25) is 5.91 Å². The van der Waals surface area contributed by atoms with Crippen LogP contribution < -0.4 is 11.1 Å². The molecule has 13 heteroatoms. The van der Waals surface area contributed by atoms with Gasteiger partial charge in [-0.15, -0.1) is 0 Å². The predicted molar refractivity (Wildman–Crippen MR) is 126 cm³/mol. The van der Waals surface area contributed by atoms with Crippen LogP contribution in [0, 0.1) is 0 Å². The first-order chi connectivity index (χ1) is 18.0. The van der Waals surface area contributed by atoms with E-state index < -0.39 is 52.7 Å². The topological polar surface area (TPSA) is 67.5 Å². The van der Waals surface area contributed by atoms with Gasteiger partial charge >= 0.3 is 18.5 Å². The summed E-state index contributed by atoms with van der Waals surface area (Å²) in [5, 5.41) is 2.51. The molecule has 0 radical (unpaired) electrons. The van der Waals surface area contributed by atoms with Crippen LogP contribution in [0.5, 0.6) is 0 Å². The van der Waals surface area contributed by atoms with Gasteiger partial charge < -0.3 is 11.1 Å². The molecule has 1 amide bonds. The van der Waals surface area contributed by atoms with E-state index in [1.54, 1.807) is 6.08 Å². The van der Waals surface area contributed by atoms with Crippen LogP contribution in [0.4, 0.5) is 39.5 Å². The monoisotopic (exact) mass is 563 g/mol. The van der Waals surface area contributed by atoms with Gasteiger partial charge in [-0.05, 0) is 67.7 Å². The number of amides is 1. The summed E-state index contributed by atoms with van der Waals surface area (Å²) in [6.45, 7) is 1.44. The lowest BCUT2D eigenvalue weighted by Gasteiger charge is -2.21. The van der Waals surface area contributed by atoms with Crippen LogP contribution in [-0.2, 0) is 17.1 Å². The highest BCUT2D eigenvalue weighted by Gasteiger charge is 2.38. The normalized spacial score (nSPS) is 20.9. The van der Waals surface area contributed by atoms with Crippen molar-refractivity contribution in [1.29, 1.82) is 0 Å². The SMILES string of the molecule is CC1N=C(c2cc(C(F)(F)F)cc(C(F)(F)F)c2)NC=C1/C=C(C(N)=O)\C1=C\C=CCCCC(C(F)(F)F)=C1. The predicted octanol–water partition coefficient (Wildman–Crippen LogP) is 6.91. The van der Waals surface area contributed by atoms with Crippen LogP contribution in [0.25, 0.3) is 0 Å². The second-order valence-electron chi connectivity index (χ2n) is 8.77. The van der Waals surface area contributed by atoms with E-state index in [1.165, 1.54) is 31.4 Å². The molecule has 1 aromatic carbocycles. The highest BCUT2D eigenvalue weighted by Crippen LogP contribution is 2.37. The van der Waals surface area contributed by atoms with E-state index in [4.69, 9.17) is 5.73 Å². The summed E-state index contributed by atoms with van der Waals surface area (Å²) in [4.78, 5) is 16.4. The fourth-order valence-electron chi connectivity index (χ4n) is 3.83. The lowest BCUT2D eigenvalue weighted by atomic mass is 9.96. The van der Waals surface area contributed by atoms with Gasteiger partial charge in [-0.1, -0.05) is 18.2 Å². The van der Waals surface area contributed by atoms with Crippen LogP contribution in [-0.4, -0.2) is 24.0 Å². The largest absolute Gasteiger partial charge is 0.416 e. The number of allylic oxidation sites excluding steroid dienone is 5. The van der Waals surface area contributed by atoms with Gasteiger partial charge in [0.15, 0.2) is 0 Å². The third-order valence-electron chi connectivity index (χ3n) is 5.85. The zero-order chi connectivity index (χ0) is 29.2. The Labute approximate surface area is 217 Å². The summed E-state index contributed by atoms with van der Waals surface area (Å²) in [6, 6.07) is 0.0878. The number of amidine groups is 1. The van der Waals surface area contributed by atoms with Crippen molar-refractivity contribution in [1.82, 2.24) is 5.32 Å². The van der Waals surface area contributed by atoms with Crippen molar-refractivity contribution in [2.24, 2.45) is 10.7 Å². The second-order valence-corrected chi connectivity index (χ2v) is 8.77. The lowest BCUT2D eigenvalue weighted by Crippen LogP contribution is -2.28. The van der Waals surface area contributed by atoms with Crippen LogP contribution in [0.2, 0.25) is 0 Å². The number of hydrogen-bond acceptors (Lipinski definition) is 3. The van der Waals surface area contributed by atoms with E-state index in [0.29, 0.717) is 18.6 Å². The molecule has 39 heavy (non-hydrogen) atoms. The number of aliphatic imine (C=N–C) groups is 1. The number of hydrogen-bond donors (Lipinski definition) is 2. The Morgan fingerprint density at radius 2 is 1.62 bits per heavy atom. The number of primary amides is 1. The van der Waals surface area contributed by atoms with Crippen molar-refractivity contribution in [3.63, 3.8) is 0 Å². The quantitative estimate of drug-likeness (QED) is 0.309. The van der Waals surface area contributed by atoms with E-state index >= 15 is 0 Å². The molecular formula is C26H22F9N3O. The lowest BCUT2D eigenvalue weighted by molar-refractivity contribution is -0.143. The van der Waals surface area contributed by atoms with Crippen molar-refractivity contribution < 1.29 is 44.3 Å². The Bertz CT molecular complexity index is 1270. The average Bonchev–Trinajstić information content (AvgIpc) is 2.93. The van der Waals surface area contributed by atoms with Gasteiger partial charge in [-0.3, -0.25) is 9.79 Å². The summed E-state index contributed by atoms with van der Waals surface area (Å²) in [5.74, 6) is -1.36. The molecule has 3 N–H and O–H groups in total. The molecule has 0 saturated carbocycles. The Morgan fingerprint density at radius 3 is 2.13 bits per heavy atom. The number of carbonyl (C=O) groups is 1. The van der Waals surface area contributed by atoms with Crippen molar-refractivity contribution in [2.45, 2.75) is 50.8 Å². The van der Waals surface area contributed by atoms with E-state index in [9.17, 15) is 44.3 Å². The van der Waals surface area contributed by atoms with Gasteiger partial charge in [0.25, 0.3) is 0 Å². The summed E-state index contributed by atoms with van der Waals surface area (Å²) >= 11 is 0. The molecule has 2 aliphatic rings. The maximum Gasteiger partial charge on any atom is 0.416 e. The first kappa shape index (κ1) is 29.8. The van der Waals surface area contributed by atoms with Gasteiger partial charge in [0.1, 0.15) is 5.84 Å². The molecule has 1 aliphatic heterocycles. The minimum Gasteiger partial charge on any atom is -0.366 e. The van der Waals surface area contributed by atoms with E-state index in [1.807, 2.05) is 0 Å². The van der Waals surface area contributed by atoms with Crippen molar-refractivity contribution in [2.75, 3.05) is 0 Å². The molecule has 0 aromatic heterocycles. The van der Waals surface area contributed by atoms with Gasteiger partial charge in [-0.2, -0.15) is 39.5 Å². The molecule has 4 nitrogen and oxygen atoms in total. The molecule has 0 saturated heterocycles. The summed E-state index contributed by atoms with van der Waals surface area (Å²) < 4.78 is 120. The Hall–Kier alpha value is -3.77. The molecule has 0 fully saturated rings. The zero-order valence-corrected chi connectivity index (χ0v) is 20.2. The molecule has 1 unspecified atom stereocenters. The van der Waals surface area contributed by atoms with E-state index in [-0.39, 0.29) is 41.5 Å². The highest BCUT2D eigenvalue weighted by atomic mass is 19.4. The molecule has 1 aliphatic carbocycles. The molecular weight excluding hydrogens is 541 g/mol. The zero-order valence-electron chi connectivity index (χ0n) is 20.2. The molecule has 1 aromatic rings. The number of carbonyl (C=O) groups excluding carboxylic acids is 1. The van der Waals surface area contributed by atoms with Crippen LogP contribution in [0.1, 0.15) is 42.9 Å². The molecule has 210 valence electrons. The molecule has 0 spiro atoms. The van der Waals surface area contributed by atoms with Gasteiger partial charge in [-0.25, -0.2) is 0 Å². The Balaban J connectivity index is 2.02.